The molecule has 2 aromatic heterocycles. The lowest BCUT2D eigenvalue weighted by molar-refractivity contribution is 0.653. The third-order valence-electron chi connectivity index (χ3n) is 3.41. The molecule has 0 fully saturated rings. The SMILES string of the molecule is CCCn1c(=O)[nH]c(=O)c2[nH]c(-c3ccc(C)cc3)nc21. The van der Waals surface area contributed by atoms with E-state index in [-0.39, 0.29) is 0 Å². The van der Waals surface area contributed by atoms with Crippen LogP contribution in [0, 0.1) is 6.92 Å². The van der Waals surface area contributed by atoms with E-state index in [9.17, 15) is 9.59 Å². The molecule has 6 nitrogen and oxygen atoms in total. The van der Waals surface area contributed by atoms with E-state index in [2.05, 4.69) is 15.0 Å². The van der Waals surface area contributed by atoms with Crippen molar-refractivity contribution in [3.63, 3.8) is 0 Å². The van der Waals surface area contributed by atoms with E-state index in [1.807, 2.05) is 38.1 Å². The summed E-state index contributed by atoms with van der Waals surface area (Å²) >= 11 is 0. The second kappa shape index (κ2) is 5.05. The average molecular weight is 284 g/mol. The Bertz CT molecular complexity index is 900. The monoisotopic (exact) mass is 284 g/mol. The molecule has 0 bridgehead atoms. The highest BCUT2D eigenvalue weighted by atomic mass is 16.2. The van der Waals surface area contributed by atoms with Gasteiger partial charge in [0.05, 0.1) is 0 Å². The van der Waals surface area contributed by atoms with Gasteiger partial charge < -0.3 is 4.98 Å². The van der Waals surface area contributed by atoms with Crippen molar-refractivity contribution in [3.8, 4) is 11.4 Å². The minimum absolute atomic E-state index is 0.332. The number of imidazole rings is 1. The first kappa shape index (κ1) is 13.4. The maximum atomic E-state index is 11.9. The summed E-state index contributed by atoms with van der Waals surface area (Å²) in [6, 6.07) is 7.82. The molecule has 108 valence electrons. The predicted octanol–water partition coefficient (Wildman–Crippen LogP) is 1.80. The summed E-state index contributed by atoms with van der Waals surface area (Å²) in [5.74, 6) is 0.589. The largest absolute Gasteiger partial charge is 0.332 e. The molecule has 0 aliphatic rings. The molecule has 0 radical (unpaired) electrons. The van der Waals surface area contributed by atoms with E-state index in [1.165, 1.54) is 4.57 Å². The van der Waals surface area contributed by atoms with Gasteiger partial charge in [-0.15, -0.1) is 0 Å². The number of hydrogen-bond acceptors (Lipinski definition) is 3. The highest BCUT2D eigenvalue weighted by molar-refractivity contribution is 5.75. The van der Waals surface area contributed by atoms with Crippen LogP contribution in [0.1, 0.15) is 18.9 Å². The van der Waals surface area contributed by atoms with Gasteiger partial charge in [-0.3, -0.25) is 14.3 Å². The number of aryl methyl sites for hydroxylation is 2. The van der Waals surface area contributed by atoms with Crippen LogP contribution in [0.25, 0.3) is 22.6 Å². The first-order chi connectivity index (χ1) is 10.1. The van der Waals surface area contributed by atoms with E-state index in [4.69, 9.17) is 0 Å². The number of rotatable bonds is 3. The van der Waals surface area contributed by atoms with Gasteiger partial charge in [-0.05, 0) is 13.3 Å². The molecule has 2 heterocycles. The predicted molar refractivity (Wildman–Crippen MR) is 81.4 cm³/mol. The third-order valence-corrected chi connectivity index (χ3v) is 3.41. The van der Waals surface area contributed by atoms with Crippen LogP contribution in [0.5, 0.6) is 0 Å². The Kier molecular flexibility index (Phi) is 3.21. The number of hydrogen-bond donors (Lipinski definition) is 2. The lowest BCUT2D eigenvalue weighted by Gasteiger charge is -2.02. The van der Waals surface area contributed by atoms with E-state index in [0.717, 1.165) is 17.5 Å². The van der Waals surface area contributed by atoms with Crippen molar-refractivity contribution in [1.82, 2.24) is 19.5 Å². The van der Waals surface area contributed by atoms with Gasteiger partial charge in [-0.1, -0.05) is 36.8 Å². The fourth-order valence-corrected chi connectivity index (χ4v) is 2.32. The smallest absolute Gasteiger partial charge is 0.330 e. The van der Waals surface area contributed by atoms with Crippen LogP contribution in [0.3, 0.4) is 0 Å². The molecule has 1 aromatic carbocycles. The van der Waals surface area contributed by atoms with Gasteiger partial charge in [0.2, 0.25) is 0 Å². The molecule has 6 heteroatoms. The molecule has 0 spiro atoms. The Morgan fingerprint density at radius 2 is 1.86 bits per heavy atom. The minimum atomic E-state index is -0.437. The molecule has 0 amide bonds. The van der Waals surface area contributed by atoms with Crippen LogP contribution < -0.4 is 11.2 Å². The van der Waals surface area contributed by atoms with Crippen LogP contribution >= 0.6 is 0 Å². The molecule has 2 N–H and O–H groups in total. The zero-order chi connectivity index (χ0) is 15.0. The number of fused-ring (bicyclic) bond motifs is 1. The molecule has 0 saturated carbocycles. The van der Waals surface area contributed by atoms with E-state index in [1.54, 1.807) is 0 Å². The number of H-pyrrole nitrogens is 2. The van der Waals surface area contributed by atoms with E-state index in [0.29, 0.717) is 23.5 Å². The summed E-state index contributed by atoms with van der Waals surface area (Å²) in [6.45, 7) is 4.49. The van der Waals surface area contributed by atoms with Crippen molar-refractivity contribution in [1.29, 1.82) is 0 Å². The van der Waals surface area contributed by atoms with Gasteiger partial charge in [-0.2, -0.15) is 0 Å². The number of benzene rings is 1. The first-order valence-electron chi connectivity index (χ1n) is 6.90. The highest BCUT2D eigenvalue weighted by Gasteiger charge is 2.13. The van der Waals surface area contributed by atoms with Gasteiger partial charge in [0, 0.05) is 12.1 Å². The highest BCUT2D eigenvalue weighted by Crippen LogP contribution is 2.18. The lowest BCUT2D eigenvalue weighted by Crippen LogP contribution is -2.30. The fourth-order valence-electron chi connectivity index (χ4n) is 2.32. The molecular weight excluding hydrogens is 268 g/mol. The van der Waals surface area contributed by atoms with E-state index < -0.39 is 11.2 Å². The maximum Gasteiger partial charge on any atom is 0.330 e. The topological polar surface area (TPSA) is 83.5 Å². The molecule has 0 aliphatic carbocycles. The summed E-state index contributed by atoms with van der Waals surface area (Å²) in [7, 11) is 0. The Hall–Kier alpha value is -2.63. The Morgan fingerprint density at radius 1 is 1.14 bits per heavy atom. The van der Waals surface area contributed by atoms with Gasteiger partial charge in [0.15, 0.2) is 5.65 Å². The van der Waals surface area contributed by atoms with Crippen LogP contribution in [0.15, 0.2) is 33.9 Å². The van der Waals surface area contributed by atoms with Crippen LogP contribution in [0.4, 0.5) is 0 Å². The van der Waals surface area contributed by atoms with Crippen molar-refractivity contribution < 1.29 is 0 Å². The Balaban J connectivity index is 2.26. The maximum absolute atomic E-state index is 11.9. The number of aromatic amines is 2. The summed E-state index contributed by atoms with van der Waals surface area (Å²) in [5, 5.41) is 0. The number of nitrogens with zero attached hydrogens (tertiary/aromatic N) is 2. The number of aromatic nitrogens is 4. The molecule has 21 heavy (non-hydrogen) atoms. The Labute approximate surface area is 120 Å². The van der Waals surface area contributed by atoms with Crippen LogP contribution in [-0.2, 0) is 6.54 Å². The number of nitrogens with one attached hydrogen (secondary N) is 2. The molecule has 0 aliphatic heterocycles. The molecular formula is C15H16N4O2. The normalized spacial score (nSPS) is 11.1. The quantitative estimate of drug-likeness (QED) is 0.769. The van der Waals surface area contributed by atoms with E-state index >= 15 is 0 Å². The zero-order valence-electron chi connectivity index (χ0n) is 11.9. The fraction of sp³-hybridized carbons (Fsp3) is 0.267. The summed E-state index contributed by atoms with van der Waals surface area (Å²) < 4.78 is 1.49. The van der Waals surface area contributed by atoms with Crippen molar-refractivity contribution in [2.45, 2.75) is 26.8 Å². The summed E-state index contributed by atoms with van der Waals surface area (Å²) in [4.78, 5) is 33.6. The van der Waals surface area contributed by atoms with Gasteiger partial charge in [0.1, 0.15) is 11.3 Å². The minimum Gasteiger partial charge on any atom is -0.332 e. The molecule has 3 aromatic rings. The summed E-state index contributed by atoms with van der Waals surface area (Å²) in [5.41, 5.74) is 1.91. The lowest BCUT2D eigenvalue weighted by atomic mass is 10.1. The van der Waals surface area contributed by atoms with Gasteiger partial charge in [0.25, 0.3) is 5.56 Å². The Morgan fingerprint density at radius 3 is 2.52 bits per heavy atom. The first-order valence-corrected chi connectivity index (χ1v) is 6.90. The van der Waals surface area contributed by atoms with Crippen molar-refractivity contribution >= 4 is 11.2 Å². The standard InChI is InChI=1S/C15H16N4O2/c1-3-8-19-13-11(14(20)18-15(19)21)16-12(17-13)10-6-4-9(2)5-7-10/h4-7H,3,8H2,1-2H3,(H,16,17)(H,18,20,21). The second-order valence-electron chi connectivity index (χ2n) is 5.06. The third kappa shape index (κ3) is 2.29. The van der Waals surface area contributed by atoms with Crippen LogP contribution in [0.2, 0.25) is 0 Å². The molecule has 0 saturated heterocycles. The summed E-state index contributed by atoms with van der Waals surface area (Å²) in [6.07, 6.45) is 0.785. The molecule has 0 atom stereocenters. The van der Waals surface area contributed by atoms with Gasteiger partial charge >= 0.3 is 5.69 Å². The zero-order valence-corrected chi connectivity index (χ0v) is 11.9. The van der Waals surface area contributed by atoms with Crippen LogP contribution in [-0.4, -0.2) is 19.5 Å². The molecule has 0 unspecified atom stereocenters. The second-order valence-corrected chi connectivity index (χ2v) is 5.06. The van der Waals surface area contributed by atoms with Gasteiger partial charge in [-0.25, -0.2) is 9.78 Å². The molecule has 3 rings (SSSR count). The average Bonchev–Trinajstić information content (AvgIpc) is 2.90. The van der Waals surface area contributed by atoms with Crippen molar-refractivity contribution in [2.24, 2.45) is 0 Å². The van der Waals surface area contributed by atoms with Crippen molar-refractivity contribution in [2.75, 3.05) is 0 Å². The van der Waals surface area contributed by atoms with Crippen molar-refractivity contribution in [3.05, 3.63) is 50.7 Å².